The van der Waals surface area contributed by atoms with Crippen molar-refractivity contribution < 1.29 is 18.1 Å². The summed E-state index contributed by atoms with van der Waals surface area (Å²) >= 11 is 1.48. The molecule has 0 unspecified atom stereocenters. The molecule has 2 N–H and O–H groups in total. The van der Waals surface area contributed by atoms with Crippen molar-refractivity contribution in [2.24, 2.45) is 5.10 Å². The van der Waals surface area contributed by atoms with E-state index in [1.807, 2.05) is 18.4 Å². The van der Waals surface area contributed by atoms with Crippen molar-refractivity contribution in [3.8, 4) is 5.75 Å². The van der Waals surface area contributed by atoms with Gasteiger partial charge < -0.3 is 4.74 Å². The first-order valence-electron chi connectivity index (χ1n) is 8.59. The van der Waals surface area contributed by atoms with Gasteiger partial charge in [-0.1, -0.05) is 12.1 Å². The molecule has 30 heavy (non-hydrogen) atoms. The predicted molar refractivity (Wildman–Crippen MR) is 117 cm³/mol. The highest BCUT2D eigenvalue weighted by Gasteiger charge is 2.23. The molecule has 3 rings (SSSR count). The summed E-state index contributed by atoms with van der Waals surface area (Å²) in [5, 5.41) is 17.2. The Morgan fingerprint density at radius 3 is 2.60 bits per heavy atom. The quantitative estimate of drug-likeness (QED) is 0.303. The molecule has 0 aliphatic rings. The fraction of sp³-hybridized carbons (Fsp3) is 0.105. The fourth-order valence-electron chi connectivity index (χ4n) is 2.55. The lowest BCUT2D eigenvalue weighted by Gasteiger charge is -2.14. The molecule has 0 radical (unpaired) electrons. The molecule has 0 saturated carbocycles. The number of nitrogens with one attached hydrogen (secondary N) is 2. The Morgan fingerprint density at radius 2 is 1.93 bits per heavy atom. The molecule has 9 nitrogen and oxygen atoms in total. The number of methoxy groups -OCH3 is 1. The second kappa shape index (κ2) is 8.93. The fourth-order valence-corrected chi connectivity index (χ4v) is 4.58. The van der Waals surface area contributed by atoms with Gasteiger partial charge in [-0.2, -0.15) is 5.10 Å². The Bertz CT molecular complexity index is 1210. The molecule has 1 aromatic heterocycles. The van der Waals surface area contributed by atoms with Crippen LogP contribution in [0.4, 0.5) is 17.1 Å². The number of rotatable bonds is 8. The van der Waals surface area contributed by atoms with Crippen molar-refractivity contribution in [3.05, 3.63) is 74.5 Å². The van der Waals surface area contributed by atoms with Gasteiger partial charge >= 0.3 is 0 Å². The highest BCUT2D eigenvalue weighted by atomic mass is 32.2. The Labute approximate surface area is 177 Å². The van der Waals surface area contributed by atoms with Crippen LogP contribution in [-0.2, 0) is 10.0 Å². The van der Waals surface area contributed by atoms with Crippen LogP contribution in [0.2, 0.25) is 0 Å². The lowest BCUT2D eigenvalue weighted by molar-refractivity contribution is -0.385. The monoisotopic (exact) mass is 446 g/mol. The Morgan fingerprint density at radius 1 is 1.17 bits per heavy atom. The molecule has 0 spiro atoms. The van der Waals surface area contributed by atoms with Gasteiger partial charge in [0.2, 0.25) is 0 Å². The van der Waals surface area contributed by atoms with E-state index in [0.29, 0.717) is 5.75 Å². The van der Waals surface area contributed by atoms with Crippen LogP contribution in [0.25, 0.3) is 0 Å². The van der Waals surface area contributed by atoms with E-state index < -0.39 is 14.9 Å². The number of thiophene rings is 1. The van der Waals surface area contributed by atoms with E-state index in [9.17, 15) is 18.5 Å². The number of nitrogens with zero attached hydrogens (tertiary/aromatic N) is 2. The molecule has 0 saturated heterocycles. The largest absolute Gasteiger partial charge is 0.495 e. The Kier molecular flexibility index (Phi) is 6.33. The van der Waals surface area contributed by atoms with Crippen molar-refractivity contribution >= 4 is 44.6 Å². The smallest absolute Gasteiger partial charge is 0.270 e. The molecule has 0 fully saturated rings. The van der Waals surface area contributed by atoms with Crippen molar-refractivity contribution in [2.75, 3.05) is 17.3 Å². The molecule has 0 atom stereocenters. The first kappa shape index (κ1) is 21.3. The van der Waals surface area contributed by atoms with Crippen LogP contribution in [-0.4, -0.2) is 26.7 Å². The second-order valence-corrected chi connectivity index (χ2v) is 8.68. The summed E-state index contributed by atoms with van der Waals surface area (Å²) in [7, 11) is -2.78. The van der Waals surface area contributed by atoms with Gasteiger partial charge in [-0.05, 0) is 42.1 Å². The number of nitro benzene ring substituents is 1. The topological polar surface area (TPSA) is 123 Å². The number of ether oxygens (including phenoxy) is 1. The standard InChI is InChI=1S/C19H18N4O5S2/c1-13-9-10-29-18(13)12-20-21-16-8-7-14(23(24)25)11-19(16)30(26,27)22-15-5-3-4-6-17(15)28-2/h3-12,21-22H,1-2H3/b20-12-. The van der Waals surface area contributed by atoms with E-state index in [4.69, 9.17) is 4.74 Å². The molecule has 1 heterocycles. The molecular weight excluding hydrogens is 428 g/mol. The highest BCUT2D eigenvalue weighted by molar-refractivity contribution is 7.93. The van der Waals surface area contributed by atoms with E-state index in [2.05, 4.69) is 15.2 Å². The van der Waals surface area contributed by atoms with Gasteiger partial charge in [-0.25, -0.2) is 8.42 Å². The lowest BCUT2D eigenvalue weighted by atomic mass is 10.3. The molecular formula is C19H18N4O5S2. The van der Waals surface area contributed by atoms with Crippen LogP contribution >= 0.6 is 11.3 Å². The maximum atomic E-state index is 13.0. The number of sulfonamides is 1. The van der Waals surface area contributed by atoms with Crippen molar-refractivity contribution in [1.29, 1.82) is 0 Å². The van der Waals surface area contributed by atoms with Gasteiger partial charge in [0, 0.05) is 17.0 Å². The molecule has 156 valence electrons. The highest BCUT2D eigenvalue weighted by Crippen LogP contribution is 2.31. The molecule has 3 aromatic rings. The van der Waals surface area contributed by atoms with E-state index in [-0.39, 0.29) is 22.0 Å². The lowest BCUT2D eigenvalue weighted by Crippen LogP contribution is -2.15. The molecule has 0 aliphatic heterocycles. The molecule has 0 bridgehead atoms. The minimum Gasteiger partial charge on any atom is -0.495 e. The van der Waals surface area contributed by atoms with E-state index >= 15 is 0 Å². The third kappa shape index (κ3) is 4.75. The summed E-state index contributed by atoms with van der Waals surface area (Å²) in [6.07, 6.45) is 1.56. The van der Waals surface area contributed by atoms with Crippen LogP contribution in [0, 0.1) is 17.0 Å². The first-order valence-corrected chi connectivity index (χ1v) is 11.0. The first-order chi connectivity index (χ1) is 14.3. The Hall–Kier alpha value is -3.44. The maximum absolute atomic E-state index is 13.0. The van der Waals surface area contributed by atoms with Gasteiger partial charge in [0.25, 0.3) is 15.7 Å². The summed E-state index contributed by atoms with van der Waals surface area (Å²) in [6, 6.07) is 11.9. The van der Waals surface area contributed by atoms with Gasteiger partial charge in [0.05, 0.1) is 29.6 Å². The zero-order chi connectivity index (χ0) is 21.7. The van der Waals surface area contributed by atoms with E-state index in [0.717, 1.165) is 16.5 Å². The number of aryl methyl sites for hydroxylation is 1. The summed E-state index contributed by atoms with van der Waals surface area (Å²) in [6.45, 7) is 1.93. The van der Waals surface area contributed by atoms with Crippen molar-refractivity contribution in [3.63, 3.8) is 0 Å². The number of non-ortho nitro benzene ring substituents is 1. The normalized spacial score (nSPS) is 11.4. The van der Waals surface area contributed by atoms with Crippen LogP contribution in [0.1, 0.15) is 10.4 Å². The number of nitro groups is 1. The number of hydrogen-bond donors (Lipinski definition) is 2. The minimum atomic E-state index is -4.19. The summed E-state index contributed by atoms with van der Waals surface area (Å²) < 4.78 is 33.6. The van der Waals surface area contributed by atoms with Crippen LogP contribution in [0.5, 0.6) is 5.75 Å². The van der Waals surface area contributed by atoms with E-state index in [1.54, 1.807) is 24.4 Å². The molecule has 0 aliphatic carbocycles. The van der Waals surface area contributed by atoms with Crippen molar-refractivity contribution in [1.82, 2.24) is 0 Å². The average Bonchev–Trinajstić information content (AvgIpc) is 3.13. The molecule has 2 aromatic carbocycles. The summed E-state index contributed by atoms with van der Waals surface area (Å²) in [4.78, 5) is 11.1. The zero-order valence-electron chi connectivity index (χ0n) is 16.0. The van der Waals surface area contributed by atoms with Crippen LogP contribution in [0.3, 0.4) is 0 Å². The predicted octanol–water partition coefficient (Wildman–Crippen LogP) is 4.22. The van der Waals surface area contributed by atoms with Crippen molar-refractivity contribution in [2.45, 2.75) is 11.8 Å². The average molecular weight is 447 g/mol. The number of benzene rings is 2. The molecule has 11 heteroatoms. The summed E-state index contributed by atoms with van der Waals surface area (Å²) in [5.74, 6) is 0.312. The zero-order valence-corrected chi connectivity index (χ0v) is 17.7. The second-order valence-electron chi connectivity index (χ2n) is 6.08. The third-order valence-corrected chi connectivity index (χ3v) is 6.44. The van der Waals surface area contributed by atoms with Gasteiger partial charge in [0.1, 0.15) is 10.6 Å². The number of para-hydroxylation sites is 2. The third-order valence-electron chi connectivity index (χ3n) is 4.09. The number of anilines is 2. The van der Waals surface area contributed by atoms with Crippen LogP contribution < -0.4 is 14.9 Å². The number of hydrazone groups is 1. The summed E-state index contributed by atoms with van der Waals surface area (Å²) in [5.41, 5.74) is 3.63. The molecule has 0 amide bonds. The number of hydrogen-bond acceptors (Lipinski definition) is 8. The van der Waals surface area contributed by atoms with Gasteiger partial charge in [0.15, 0.2) is 0 Å². The Balaban J connectivity index is 1.98. The SMILES string of the molecule is COc1ccccc1NS(=O)(=O)c1cc([N+](=O)[O-])ccc1N/N=C\c1sccc1C. The minimum absolute atomic E-state index is 0.0912. The maximum Gasteiger partial charge on any atom is 0.270 e. The van der Waals surface area contributed by atoms with E-state index in [1.165, 1.54) is 36.6 Å². The van der Waals surface area contributed by atoms with Gasteiger partial charge in [-0.3, -0.25) is 20.3 Å². The van der Waals surface area contributed by atoms with Crippen LogP contribution in [0.15, 0.2) is 63.9 Å². The van der Waals surface area contributed by atoms with Gasteiger partial charge in [-0.15, -0.1) is 11.3 Å².